The molecule has 0 saturated carbocycles. The van der Waals surface area contributed by atoms with Gasteiger partial charge in [-0.1, -0.05) is 94.0 Å². The third-order valence-electron chi connectivity index (χ3n) is 5.49. The third-order valence-corrected chi connectivity index (χ3v) is 5.49. The van der Waals surface area contributed by atoms with Crippen molar-refractivity contribution in [1.29, 1.82) is 0 Å². The number of hydrogen-bond donors (Lipinski definition) is 0. The van der Waals surface area contributed by atoms with Crippen LogP contribution < -0.4 is 0 Å². The monoisotopic (exact) mass is 404 g/mol. The van der Waals surface area contributed by atoms with Gasteiger partial charge in [-0.25, -0.2) is 0 Å². The van der Waals surface area contributed by atoms with Crippen molar-refractivity contribution in [1.82, 2.24) is 0 Å². The van der Waals surface area contributed by atoms with Crippen LogP contribution >= 0.6 is 0 Å². The number of alkyl halides is 3. The first-order chi connectivity index (χ1) is 14.0. The number of hydrogen-bond acceptors (Lipinski definition) is 0. The molecule has 160 valence electrons. The van der Waals surface area contributed by atoms with E-state index in [4.69, 9.17) is 0 Å². The van der Waals surface area contributed by atoms with Gasteiger partial charge in [-0.3, -0.25) is 0 Å². The van der Waals surface area contributed by atoms with E-state index in [0.29, 0.717) is 12.8 Å². The number of aryl methyl sites for hydroxylation is 2. The maximum absolute atomic E-state index is 12.2. The van der Waals surface area contributed by atoms with E-state index in [2.05, 4.69) is 43.3 Å². The average Bonchev–Trinajstić information content (AvgIpc) is 2.71. The largest absolute Gasteiger partial charge is 0.389 e. The second-order valence-corrected chi connectivity index (χ2v) is 8.09. The average molecular weight is 405 g/mol. The van der Waals surface area contributed by atoms with Crippen molar-refractivity contribution < 1.29 is 13.2 Å². The van der Waals surface area contributed by atoms with Crippen LogP contribution in [0.1, 0.15) is 82.3 Å². The van der Waals surface area contributed by atoms with Crippen molar-refractivity contribution in [3.05, 3.63) is 59.7 Å². The standard InChI is InChI=1S/C26H35F3/c1-2-3-4-5-6-7-8-11-22-13-17-24(18-14-22)25-19-15-23(16-20-25)12-9-10-21-26(27,28)29/h13-20H,2-12,21H2,1H3. The van der Waals surface area contributed by atoms with Gasteiger partial charge in [0.2, 0.25) is 0 Å². The highest BCUT2D eigenvalue weighted by atomic mass is 19.4. The summed E-state index contributed by atoms with van der Waals surface area (Å²) in [6.45, 7) is 2.25. The molecule has 0 aliphatic rings. The van der Waals surface area contributed by atoms with Crippen LogP contribution in [0.15, 0.2) is 48.5 Å². The van der Waals surface area contributed by atoms with Gasteiger partial charge in [0.1, 0.15) is 0 Å². The summed E-state index contributed by atoms with van der Waals surface area (Å²) in [6, 6.07) is 17.0. The molecular formula is C26H35F3. The van der Waals surface area contributed by atoms with Crippen molar-refractivity contribution >= 4 is 0 Å². The second kappa shape index (κ2) is 12.7. The number of unbranched alkanes of at least 4 members (excludes halogenated alkanes) is 7. The lowest BCUT2D eigenvalue weighted by Crippen LogP contribution is -2.06. The lowest BCUT2D eigenvalue weighted by molar-refractivity contribution is -0.135. The Morgan fingerprint density at radius 1 is 0.552 bits per heavy atom. The Hall–Kier alpha value is -1.77. The van der Waals surface area contributed by atoms with Crippen LogP contribution in [0.2, 0.25) is 0 Å². The molecule has 0 nitrogen and oxygen atoms in total. The van der Waals surface area contributed by atoms with E-state index in [9.17, 15) is 13.2 Å². The first kappa shape index (κ1) is 23.5. The summed E-state index contributed by atoms with van der Waals surface area (Å²) in [6.07, 6.45) is 7.22. The maximum atomic E-state index is 12.2. The minimum Gasteiger partial charge on any atom is -0.171 e. The van der Waals surface area contributed by atoms with Gasteiger partial charge in [0.05, 0.1) is 0 Å². The molecular weight excluding hydrogens is 369 g/mol. The van der Waals surface area contributed by atoms with Gasteiger partial charge >= 0.3 is 6.18 Å². The molecule has 0 aliphatic heterocycles. The van der Waals surface area contributed by atoms with Gasteiger partial charge in [0, 0.05) is 6.42 Å². The molecule has 0 amide bonds. The molecule has 0 heterocycles. The summed E-state index contributed by atoms with van der Waals surface area (Å²) in [5.41, 5.74) is 4.85. The summed E-state index contributed by atoms with van der Waals surface area (Å²) in [7, 11) is 0. The fraction of sp³-hybridized carbons (Fsp3) is 0.538. The highest BCUT2D eigenvalue weighted by molar-refractivity contribution is 5.63. The fourth-order valence-corrected chi connectivity index (χ4v) is 3.67. The quantitative estimate of drug-likeness (QED) is 0.292. The van der Waals surface area contributed by atoms with Gasteiger partial charge in [-0.2, -0.15) is 13.2 Å². The van der Waals surface area contributed by atoms with Crippen LogP contribution in [0.5, 0.6) is 0 Å². The summed E-state index contributed by atoms with van der Waals surface area (Å²) in [4.78, 5) is 0. The number of rotatable bonds is 13. The van der Waals surface area contributed by atoms with Crippen molar-refractivity contribution in [3.63, 3.8) is 0 Å². The highest BCUT2D eigenvalue weighted by Crippen LogP contribution is 2.24. The van der Waals surface area contributed by atoms with Gasteiger partial charge < -0.3 is 0 Å². The topological polar surface area (TPSA) is 0 Å². The van der Waals surface area contributed by atoms with E-state index in [1.807, 2.05) is 12.1 Å². The zero-order chi connectivity index (χ0) is 21.0. The summed E-state index contributed by atoms with van der Waals surface area (Å²) in [5.74, 6) is 0. The Kier molecular flexibility index (Phi) is 10.3. The fourth-order valence-electron chi connectivity index (χ4n) is 3.67. The smallest absolute Gasteiger partial charge is 0.171 e. The number of halogens is 3. The first-order valence-corrected chi connectivity index (χ1v) is 11.2. The van der Waals surface area contributed by atoms with E-state index in [-0.39, 0.29) is 6.42 Å². The van der Waals surface area contributed by atoms with Crippen molar-refractivity contribution in [2.75, 3.05) is 0 Å². The molecule has 0 saturated heterocycles. The molecule has 2 rings (SSSR count). The molecule has 0 aromatic heterocycles. The lowest BCUT2D eigenvalue weighted by atomic mass is 9.99. The predicted molar refractivity (Wildman–Crippen MR) is 117 cm³/mol. The van der Waals surface area contributed by atoms with Crippen LogP contribution in [0.25, 0.3) is 11.1 Å². The Labute approximate surface area is 174 Å². The van der Waals surface area contributed by atoms with Crippen LogP contribution in [0.4, 0.5) is 13.2 Å². The normalized spacial score (nSPS) is 11.7. The molecule has 0 N–H and O–H groups in total. The Bertz CT molecular complexity index is 669. The van der Waals surface area contributed by atoms with Crippen molar-refractivity contribution in [2.45, 2.75) is 90.1 Å². The van der Waals surface area contributed by atoms with Crippen LogP contribution in [-0.2, 0) is 12.8 Å². The molecule has 2 aromatic rings. The zero-order valence-corrected chi connectivity index (χ0v) is 17.7. The van der Waals surface area contributed by atoms with Crippen LogP contribution in [-0.4, -0.2) is 6.18 Å². The molecule has 0 spiro atoms. The van der Waals surface area contributed by atoms with Crippen molar-refractivity contribution in [3.8, 4) is 11.1 Å². The molecule has 0 unspecified atom stereocenters. The molecule has 29 heavy (non-hydrogen) atoms. The van der Waals surface area contributed by atoms with Crippen molar-refractivity contribution in [2.24, 2.45) is 0 Å². The SMILES string of the molecule is CCCCCCCCCc1ccc(-c2ccc(CCCCC(F)(F)F)cc2)cc1. The Morgan fingerprint density at radius 3 is 1.41 bits per heavy atom. The van der Waals surface area contributed by atoms with E-state index >= 15 is 0 Å². The van der Waals surface area contributed by atoms with E-state index in [1.54, 1.807) is 0 Å². The van der Waals surface area contributed by atoms with E-state index in [1.165, 1.54) is 56.1 Å². The summed E-state index contributed by atoms with van der Waals surface area (Å²) in [5, 5.41) is 0. The molecule has 0 radical (unpaired) electrons. The molecule has 0 bridgehead atoms. The number of benzene rings is 2. The minimum absolute atomic E-state index is 0.200. The van der Waals surface area contributed by atoms with Gasteiger partial charge in [-0.15, -0.1) is 0 Å². The molecule has 2 aromatic carbocycles. The lowest BCUT2D eigenvalue weighted by Gasteiger charge is -2.08. The highest BCUT2D eigenvalue weighted by Gasteiger charge is 2.25. The minimum atomic E-state index is -4.04. The van der Waals surface area contributed by atoms with Gasteiger partial charge in [0.25, 0.3) is 0 Å². The van der Waals surface area contributed by atoms with Gasteiger partial charge in [0.15, 0.2) is 0 Å². The third kappa shape index (κ3) is 10.0. The first-order valence-electron chi connectivity index (χ1n) is 11.2. The second-order valence-electron chi connectivity index (χ2n) is 8.09. The van der Waals surface area contributed by atoms with E-state index < -0.39 is 12.6 Å². The summed E-state index contributed by atoms with van der Waals surface area (Å²) < 4.78 is 36.6. The van der Waals surface area contributed by atoms with E-state index in [0.717, 1.165) is 17.5 Å². The molecule has 0 fully saturated rings. The predicted octanol–water partition coefficient (Wildman–Crippen LogP) is 8.92. The zero-order valence-electron chi connectivity index (χ0n) is 17.7. The van der Waals surface area contributed by atoms with Crippen LogP contribution in [0.3, 0.4) is 0 Å². The Balaban J connectivity index is 1.72. The molecule has 3 heteroatoms. The summed E-state index contributed by atoms with van der Waals surface area (Å²) >= 11 is 0. The molecule has 0 aliphatic carbocycles. The molecule has 0 atom stereocenters. The maximum Gasteiger partial charge on any atom is 0.389 e. The van der Waals surface area contributed by atoms with Gasteiger partial charge in [-0.05, 0) is 54.4 Å². The van der Waals surface area contributed by atoms with Crippen LogP contribution in [0, 0.1) is 0 Å². The Morgan fingerprint density at radius 2 is 0.966 bits per heavy atom.